The Morgan fingerprint density at radius 3 is 0.542 bits per heavy atom. The Hall–Kier alpha value is -14.1. The summed E-state index contributed by atoms with van der Waals surface area (Å²) in [5.41, 5.74) is 9.85. The Bertz CT molecular complexity index is 7380. The Kier molecular flexibility index (Phi) is 33.0. The highest BCUT2D eigenvalue weighted by Crippen LogP contribution is 2.44. The highest BCUT2D eigenvalue weighted by molar-refractivity contribution is 8.01. The van der Waals surface area contributed by atoms with Gasteiger partial charge in [0.2, 0.25) is 0 Å². The molecule has 2 N–H and O–H groups in total. The van der Waals surface area contributed by atoms with Crippen LogP contribution in [0.3, 0.4) is 0 Å². The van der Waals surface area contributed by atoms with E-state index in [2.05, 4.69) is 461 Å². The molecule has 0 aromatic heterocycles. The number of para-hydroxylation sites is 1. The maximum absolute atomic E-state index is 9.99. The van der Waals surface area contributed by atoms with Gasteiger partial charge in [-0.3, -0.25) is 0 Å². The van der Waals surface area contributed by atoms with Gasteiger partial charge in [-0.25, -0.2) is 0 Å². The van der Waals surface area contributed by atoms with E-state index in [0.717, 1.165) is 11.5 Å². The molecule has 22 rings (SSSR count). The second-order valence-electron chi connectivity index (χ2n) is 32.8. The number of fused-ring (bicyclic) bond motifs is 2. The van der Waals surface area contributed by atoms with Crippen molar-refractivity contribution in [1.82, 2.24) is 0 Å². The summed E-state index contributed by atoms with van der Waals surface area (Å²) in [5.74, 6) is 2.22. The van der Waals surface area contributed by atoms with Crippen molar-refractivity contribution in [1.29, 1.82) is 0 Å². The summed E-state index contributed by atoms with van der Waals surface area (Å²) in [7, 11) is -0.911. The SMILES string of the molecule is CC.Oc1ccc([S+](c2ccc(Sc3ccc(-c4ccccc4)cc3)cc2)c2ccc(Sc3ccc(-c4ccccc4)cc3)cc2)cc1.Oc1ccc([S+](c2ccc(Sc3ccc4ccccc4c3)cc2)c2ccc(Sc3ccc4ccccc4c3)cc2)cc1.c1ccc(Oc2ccc([S+](c3ccc(Sc4ccc(-c5ccccc5)cc4)cc3)c3ccc(Sc4ccc(-c5ccccc5)cc4)cc3)cc2)cc1. The zero-order valence-corrected chi connectivity index (χ0v) is 85.4. The van der Waals surface area contributed by atoms with Gasteiger partial charge in [-0.15, -0.1) is 0 Å². The number of ether oxygens (including phenoxy) is 1. The van der Waals surface area contributed by atoms with Gasteiger partial charge in [0.15, 0.2) is 44.1 Å². The number of aromatic hydroxyl groups is 2. The van der Waals surface area contributed by atoms with Gasteiger partial charge in [0.1, 0.15) is 23.0 Å². The first-order valence-corrected chi connectivity index (χ1v) is 55.6. The van der Waals surface area contributed by atoms with Crippen molar-refractivity contribution in [3.05, 3.63) is 552 Å². The third-order valence-electron chi connectivity index (χ3n) is 23.2. The molecule has 0 fully saturated rings. The van der Waals surface area contributed by atoms with E-state index in [-0.39, 0.29) is 44.2 Å². The van der Waals surface area contributed by atoms with Crippen molar-refractivity contribution in [3.63, 3.8) is 0 Å². The maximum atomic E-state index is 9.99. The molecule has 0 aliphatic rings. The Morgan fingerprint density at radius 2 is 0.310 bits per heavy atom. The van der Waals surface area contributed by atoms with Crippen LogP contribution in [-0.4, -0.2) is 10.2 Å². The largest absolute Gasteiger partial charge is 0.508 e. The Morgan fingerprint density at radius 1 is 0.148 bits per heavy atom. The van der Waals surface area contributed by atoms with Gasteiger partial charge in [0.05, 0.1) is 32.7 Å². The summed E-state index contributed by atoms with van der Waals surface area (Å²) < 4.78 is 6.13. The van der Waals surface area contributed by atoms with Gasteiger partial charge in [0, 0.05) is 58.7 Å². The van der Waals surface area contributed by atoms with E-state index in [1.165, 1.54) is 169 Å². The Labute approximate surface area is 867 Å². The predicted molar refractivity (Wildman–Crippen MR) is 606 cm³/mol. The number of phenols is 2. The molecule has 0 unspecified atom stereocenters. The molecular formula is C130H99O3S9+3. The maximum Gasteiger partial charge on any atom is 0.166 e. The van der Waals surface area contributed by atoms with Crippen LogP contribution in [0.2, 0.25) is 0 Å². The minimum atomic E-state index is -0.311. The molecule has 12 heteroatoms. The van der Waals surface area contributed by atoms with Gasteiger partial charge in [0.25, 0.3) is 0 Å². The number of phenolic OH excluding ortho intramolecular Hbond substituents is 2. The minimum Gasteiger partial charge on any atom is -0.508 e. The molecule has 0 aliphatic heterocycles. The number of hydrogen-bond donors (Lipinski definition) is 2. The van der Waals surface area contributed by atoms with Gasteiger partial charge in [-0.05, 0) is 369 Å². The quantitative estimate of drug-likeness (QED) is 0.0491. The molecule has 0 radical (unpaired) electrons. The molecule has 0 heterocycles. The van der Waals surface area contributed by atoms with Crippen LogP contribution in [0, 0.1) is 0 Å². The predicted octanol–water partition coefficient (Wildman–Crippen LogP) is 38.5. The summed E-state index contributed by atoms with van der Waals surface area (Å²) in [6.45, 7) is 4.00. The average Bonchev–Trinajstić information content (AvgIpc) is 0.798. The molecule has 142 heavy (non-hydrogen) atoms. The molecule has 0 aliphatic carbocycles. The average molecular weight is 2000 g/mol. The van der Waals surface area contributed by atoms with Crippen molar-refractivity contribution < 1.29 is 14.9 Å². The van der Waals surface area contributed by atoms with E-state index in [9.17, 15) is 10.2 Å². The van der Waals surface area contributed by atoms with Crippen LogP contribution in [0.1, 0.15) is 13.8 Å². The lowest BCUT2D eigenvalue weighted by atomic mass is 10.1. The second kappa shape index (κ2) is 48.4. The fraction of sp³-hybridized carbons (Fsp3) is 0.0154. The molecule has 22 aromatic carbocycles. The van der Waals surface area contributed by atoms with Crippen LogP contribution >= 0.6 is 70.6 Å². The van der Waals surface area contributed by atoms with E-state index in [1.807, 2.05) is 80.6 Å². The molecule has 0 saturated carbocycles. The van der Waals surface area contributed by atoms with Crippen LogP contribution in [0.5, 0.6) is 23.0 Å². The van der Waals surface area contributed by atoms with E-state index in [4.69, 9.17) is 4.74 Å². The van der Waals surface area contributed by atoms with Gasteiger partial charge < -0.3 is 14.9 Å². The smallest absolute Gasteiger partial charge is 0.166 e. The summed E-state index contributed by atoms with van der Waals surface area (Å²) in [6, 6.07) is 195. The van der Waals surface area contributed by atoms with Crippen molar-refractivity contribution >= 4 is 125 Å². The summed E-state index contributed by atoms with van der Waals surface area (Å²) in [5, 5.41) is 25.0. The second-order valence-corrected chi connectivity index (χ2v) is 45.8. The van der Waals surface area contributed by atoms with E-state index in [0.29, 0.717) is 0 Å². The molecule has 22 aromatic rings. The zero-order valence-electron chi connectivity index (χ0n) is 78.0. The molecule has 0 amide bonds. The van der Waals surface area contributed by atoms with Crippen LogP contribution in [0.4, 0.5) is 0 Å². The van der Waals surface area contributed by atoms with Crippen LogP contribution in [0.25, 0.3) is 66.1 Å². The van der Waals surface area contributed by atoms with Crippen molar-refractivity contribution in [2.45, 2.75) is 117 Å². The standard InChI is InChI=1S/C48H35OS3.C42H30OS3.C38H26OS3.C2H6/c1-4-10-36(11-5-1)38-16-22-42(23-17-38)50-44-26-32-47(33-27-44)52(46-30-20-41(21-31-46)49-40-14-8-3-9-15-40)48-34-28-45(29-35-48)51-43-24-18-39(19-25-43)37-12-6-2-7-13-37;43-35-15-25-40(26-16-35)46(41-27-21-38(22-28-41)44-36-17-11-33(12-18-36)31-7-3-1-4-8-31)42-29-23-39(24-30-42)45-37-19-13-34(14-20-37)32-9-5-2-6-10-32;39-31-11-19-36(20-12-31)42(37-21-15-32(16-22-37)40-34-13-9-27-5-1-3-7-29(27)25-34)38-23-17-33(18-24-38)41-35-14-10-28-6-2-4-8-30(28)26-35;1-2/h1-35H;1-30H;1-26H;1-2H3/q+1;;;/p+2. The van der Waals surface area contributed by atoms with Crippen LogP contribution < -0.4 is 4.74 Å². The van der Waals surface area contributed by atoms with Crippen molar-refractivity contribution in [2.75, 3.05) is 0 Å². The van der Waals surface area contributed by atoms with Gasteiger partial charge >= 0.3 is 0 Å². The molecule has 688 valence electrons. The highest BCUT2D eigenvalue weighted by Gasteiger charge is 2.33. The zero-order chi connectivity index (χ0) is 96.4. The van der Waals surface area contributed by atoms with Crippen molar-refractivity contribution in [3.8, 4) is 67.5 Å². The first-order chi connectivity index (χ1) is 70.1. The van der Waals surface area contributed by atoms with E-state index < -0.39 is 0 Å². The number of benzene rings is 22. The topological polar surface area (TPSA) is 49.7 Å². The summed E-state index contributed by atoms with van der Waals surface area (Å²) in [4.78, 5) is 25.8. The molecular weight excluding hydrogens is 1900 g/mol. The lowest BCUT2D eigenvalue weighted by Crippen LogP contribution is -2.04. The summed E-state index contributed by atoms with van der Waals surface area (Å²) in [6.07, 6.45) is 0. The van der Waals surface area contributed by atoms with Gasteiger partial charge in [-0.2, -0.15) is 0 Å². The lowest BCUT2D eigenvalue weighted by Gasteiger charge is -2.11. The van der Waals surface area contributed by atoms with E-state index >= 15 is 0 Å². The third kappa shape index (κ3) is 25.8. The lowest BCUT2D eigenvalue weighted by molar-refractivity contribution is 0.474. The van der Waals surface area contributed by atoms with E-state index in [1.54, 1.807) is 94.8 Å². The van der Waals surface area contributed by atoms with Crippen LogP contribution in [-0.2, 0) is 32.7 Å². The van der Waals surface area contributed by atoms with Gasteiger partial charge in [-0.1, -0.05) is 333 Å². The minimum absolute atomic E-state index is 0.280. The fourth-order valence-electron chi connectivity index (χ4n) is 16.2. The summed E-state index contributed by atoms with van der Waals surface area (Å²) >= 11 is 10.7. The van der Waals surface area contributed by atoms with Crippen LogP contribution in [0.15, 0.2) is 655 Å². The fourth-order valence-corrected chi connectivity index (χ4v) is 27.3. The molecule has 0 atom stereocenters. The molecule has 0 bridgehead atoms. The first kappa shape index (κ1) is 96.8. The number of hydrogen-bond acceptors (Lipinski definition) is 9. The van der Waals surface area contributed by atoms with Crippen molar-refractivity contribution in [2.24, 2.45) is 0 Å². The monoisotopic (exact) mass is 2000 g/mol. The molecule has 3 nitrogen and oxygen atoms in total. The molecule has 0 spiro atoms. The first-order valence-electron chi connectivity index (χ1n) is 47.0. The third-order valence-corrected chi connectivity index (χ3v) is 36.0. The number of rotatable bonds is 27. The Balaban J connectivity index is 0.000000135. The molecule has 0 saturated heterocycles. The highest BCUT2D eigenvalue weighted by atomic mass is 32.2. The normalized spacial score (nSPS) is 11.0.